The van der Waals surface area contributed by atoms with Gasteiger partial charge in [-0.15, -0.1) is 10.2 Å². The minimum atomic E-state index is -0.202. The number of rotatable bonds is 9. The van der Waals surface area contributed by atoms with Gasteiger partial charge in [-0.3, -0.25) is 9.20 Å². The first-order valence-electron chi connectivity index (χ1n) is 9.82. The van der Waals surface area contributed by atoms with Crippen LogP contribution in [0.15, 0.2) is 65.3 Å². The minimum absolute atomic E-state index is 0.0618. The number of thioether (sulfide) groups is 1. The molecule has 0 aliphatic carbocycles. The lowest BCUT2D eigenvalue weighted by Gasteiger charge is -2.16. The van der Waals surface area contributed by atoms with Gasteiger partial charge in [-0.05, 0) is 30.6 Å². The summed E-state index contributed by atoms with van der Waals surface area (Å²) >= 11 is 1.74. The quantitative estimate of drug-likeness (QED) is 0.441. The van der Waals surface area contributed by atoms with E-state index in [1.54, 1.807) is 18.0 Å². The van der Waals surface area contributed by atoms with Crippen molar-refractivity contribution in [1.29, 1.82) is 0 Å². The van der Waals surface area contributed by atoms with Crippen LogP contribution in [-0.4, -0.2) is 37.5 Å². The highest BCUT2D eigenvalue weighted by atomic mass is 32.2. The van der Waals surface area contributed by atoms with Gasteiger partial charge in [0.05, 0.1) is 12.2 Å². The lowest BCUT2D eigenvalue weighted by atomic mass is 10.2. The third-order valence-electron chi connectivity index (χ3n) is 4.78. The molecule has 154 valence electrons. The highest BCUT2D eigenvalue weighted by Gasteiger charge is 2.20. The summed E-state index contributed by atoms with van der Waals surface area (Å²) in [6.45, 7) is 0. The number of benzene rings is 1. The summed E-state index contributed by atoms with van der Waals surface area (Å²) < 4.78 is 7.72. The predicted molar refractivity (Wildman–Crippen MR) is 117 cm³/mol. The van der Waals surface area contributed by atoms with Crippen molar-refractivity contribution < 1.29 is 9.21 Å². The van der Waals surface area contributed by atoms with Gasteiger partial charge in [0, 0.05) is 24.6 Å². The van der Waals surface area contributed by atoms with Crippen LogP contribution in [0.1, 0.15) is 30.6 Å². The summed E-state index contributed by atoms with van der Waals surface area (Å²) in [7, 11) is 0. The molecule has 3 aromatic heterocycles. The van der Waals surface area contributed by atoms with Gasteiger partial charge in [-0.25, -0.2) is 4.98 Å². The number of oxazole rings is 1. The summed E-state index contributed by atoms with van der Waals surface area (Å²) in [6.07, 6.45) is 7.18. The van der Waals surface area contributed by atoms with Crippen LogP contribution in [-0.2, 0) is 11.2 Å². The van der Waals surface area contributed by atoms with Gasteiger partial charge >= 0.3 is 0 Å². The van der Waals surface area contributed by atoms with Crippen LogP contribution >= 0.6 is 11.8 Å². The first-order chi connectivity index (χ1) is 14.7. The van der Waals surface area contributed by atoms with Crippen molar-refractivity contribution in [3.8, 4) is 11.3 Å². The van der Waals surface area contributed by atoms with E-state index in [-0.39, 0.29) is 11.9 Å². The molecule has 0 spiro atoms. The Balaban J connectivity index is 1.40. The number of nitrogens with zero attached hydrogens (tertiary/aromatic N) is 4. The standard InChI is InChI=1S/C22H23N5O2S/c1-30-14-12-17(22-26-25-19-9-5-6-13-27(19)22)24-20(28)10-11-21-23-15-18(29-21)16-7-3-2-4-8-16/h2-9,13,15,17H,10-12,14H2,1H3,(H,24,28)/t17-/m0/s1. The van der Waals surface area contributed by atoms with E-state index < -0.39 is 0 Å². The van der Waals surface area contributed by atoms with Crippen molar-refractivity contribution in [3.05, 3.63) is 72.6 Å². The molecule has 4 rings (SSSR count). The number of hydrogen-bond acceptors (Lipinski definition) is 6. The van der Waals surface area contributed by atoms with Crippen molar-refractivity contribution in [1.82, 2.24) is 24.9 Å². The number of fused-ring (bicyclic) bond motifs is 1. The second-order valence-electron chi connectivity index (χ2n) is 6.87. The maximum atomic E-state index is 12.7. The summed E-state index contributed by atoms with van der Waals surface area (Å²) in [4.78, 5) is 17.0. The van der Waals surface area contributed by atoms with Crippen LogP contribution in [0.2, 0.25) is 0 Å². The molecular formula is C22H23N5O2S. The van der Waals surface area contributed by atoms with E-state index in [1.165, 1.54) is 0 Å². The van der Waals surface area contributed by atoms with Gasteiger partial charge in [-0.2, -0.15) is 11.8 Å². The van der Waals surface area contributed by atoms with Crippen LogP contribution in [0.25, 0.3) is 17.0 Å². The number of aryl methyl sites for hydroxylation is 1. The zero-order valence-corrected chi connectivity index (χ0v) is 17.5. The van der Waals surface area contributed by atoms with Gasteiger partial charge in [0.25, 0.3) is 0 Å². The second-order valence-corrected chi connectivity index (χ2v) is 7.86. The number of hydrogen-bond donors (Lipinski definition) is 1. The maximum absolute atomic E-state index is 12.7. The van der Waals surface area contributed by atoms with Crippen LogP contribution in [0.3, 0.4) is 0 Å². The molecule has 0 radical (unpaired) electrons. The largest absolute Gasteiger partial charge is 0.441 e. The number of pyridine rings is 1. The Bertz CT molecular complexity index is 1110. The van der Waals surface area contributed by atoms with E-state index >= 15 is 0 Å². The highest BCUT2D eigenvalue weighted by Crippen LogP contribution is 2.21. The molecule has 8 heteroatoms. The average molecular weight is 422 g/mol. The second kappa shape index (κ2) is 9.58. The Morgan fingerprint density at radius 3 is 2.83 bits per heavy atom. The van der Waals surface area contributed by atoms with Crippen molar-refractivity contribution >= 4 is 23.3 Å². The van der Waals surface area contributed by atoms with E-state index in [9.17, 15) is 4.79 Å². The van der Waals surface area contributed by atoms with Crippen LogP contribution in [0.5, 0.6) is 0 Å². The van der Waals surface area contributed by atoms with Crippen molar-refractivity contribution in [2.45, 2.75) is 25.3 Å². The minimum Gasteiger partial charge on any atom is -0.441 e. The summed E-state index contributed by atoms with van der Waals surface area (Å²) in [5, 5.41) is 11.6. The molecule has 1 atom stereocenters. The van der Waals surface area contributed by atoms with Crippen molar-refractivity contribution in [2.75, 3.05) is 12.0 Å². The Morgan fingerprint density at radius 2 is 2.00 bits per heavy atom. The third-order valence-corrected chi connectivity index (χ3v) is 5.42. The molecule has 0 saturated heterocycles. The molecule has 30 heavy (non-hydrogen) atoms. The van der Waals surface area contributed by atoms with E-state index in [2.05, 4.69) is 20.5 Å². The van der Waals surface area contributed by atoms with Gasteiger partial charge in [0.1, 0.15) is 0 Å². The number of carbonyl (C=O) groups excluding carboxylic acids is 1. The highest BCUT2D eigenvalue weighted by molar-refractivity contribution is 7.98. The Kier molecular flexibility index (Phi) is 6.44. The fourth-order valence-corrected chi connectivity index (χ4v) is 3.72. The zero-order chi connectivity index (χ0) is 20.8. The molecule has 0 aliphatic rings. The molecular weight excluding hydrogens is 398 g/mol. The molecule has 1 amide bonds. The van der Waals surface area contributed by atoms with Crippen LogP contribution < -0.4 is 5.32 Å². The molecule has 0 bridgehead atoms. The Morgan fingerprint density at radius 1 is 1.17 bits per heavy atom. The predicted octanol–water partition coefficient (Wildman–Crippen LogP) is 3.93. The van der Waals surface area contributed by atoms with E-state index in [4.69, 9.17) is 4.42 Å². The Labute approximate surface area is 178 Å². The number of aromatic nitrogens is 4. The van der Waals surface area contributed by atoms with Gasteiger partial charge < -0.3 is 9.73 Å². The fraction of sp³-hybridized carbons (Fsp3) is 0.273. The summed E-state index contributed by atoms with van der Waals surface area (Å²) in [5.41, 5.74) is 1.74. The molecule has 4 aromatic rings. The van der Waals surface area contributed by atoms with Gasteiger partial charge in [0.2, 0.25) is 5.91 Å². The number of carbonyl (C=O) groups is 1. The third kappa shape index (κ3) is 4.71. The molecule has 1 aromatic carbocycles. The number of amides is 1. The fourth-order valence-electron chi connectivity index (χ4n) is 3.25. The normalized spacial score (nSPS) is 12.2. The topological polar surface area (TPSA) is 85.3 Å². The van der Waals surface area contributed by atoms with Gasteiger partial charge in [-0.1, -0.05) is 36.4 Å². The molecule has 0 aliphatic heterocycles. The smallest absolute Gasteiger partial charge is 0.221 e. The van der Waals surface area contributed by atoms with E-state index in [0.717, 1.165) is 29.2 Å². The number of nitrogens with one attached hydrogen (secondary N) is 1. The first-order valence-corrected chi connectivity index (χ1v) is 11.2. The molecule has 0 saturated carbocycles. The summed E-state index contributed by atoms with van der Waals surface area (Å²) in [6, 6.07) is 15.3. The molecule has 0 fully saturated rings. The monoisotopic (exact) mass is 421 g/mol. The molecule has 1 N–H and O–H groups in total. The van der Waals surface area contributed by atoms with Crippen molar-refractivity contribution in [2.24, 2.45) is 0 Å². The first kappa shape index (κ1) is 20.2. The SMILES string of the molecule is CSCC[C@H](NC(=O)CCc1ncc(-c2ccccc2)o1)c1nnc2ccccn12. The lowest BCUT2D eigenvalue weighted by molar-refractivity contribution is -0.122. The van der Waals surface area contributed by atoms with Gasteiger partial charge in [0.15, 0.2) is 23.1 Å². The van der Waals surface area contributed by atoms with Crippen LogP contribution in [0, 0.1) is 0 Å². The van der Waals surface area contributed by atoms with E-state index in [1.807, 2.05) is 65.4 Å². The van der Waals surface area contributed by atoms with E-state index in [0.29, 0.717) is 24.5 Å². The van der Waals surface area contributed by atoms with Crippen LogP contribution in [0.4, 0.5) is 0 Å². The zero-order valence-electron chi connectivity index (χ0n) is 16.7. The average Bonchev–Trinajstić information content (AvgIpc) is 3.43. The maximum Gasteiger partial charge on any atom is 0.221 e. The summed E-state index contributed by atoms with van der Waals surface area (Å²) in [5.74, 6) is 2.85. The lowest BCUT2D eigenvalue weighted by Crippen LogP contribution is -2.30. The van der Waals surface area contributed by atoms with Crippen molar-refractivity contribution in [3.63, 3.8) is 0 Å². The molecule has 0 unspecified atom stereocenters. The molecule has 7 nitrogen and oxygen atoms in total. The molecule has 3 heterocycles. The Hall–Kier alpha value is -3.13.